The van der Waals surface area contributed by atoms with Gasteiger partial charge in [-0.15, -0.1) is 0 Å². The number of nitrogens with zero attached hydrogens (tertiary/aromatic N) is 1. The summed E-state index contributed by atoms with van der Waals surface area (Å²) in [5.74, 6) is 0.687. The number of fused-ring (bicyclic) bond motifs is 1. The lowest BCUT2D eigenvalue weighted by atomic mass is 9.90. The quantitative estimate of drug-likeness (QED) is 0.801. The molecule has 1 atom stereocenters. The summed E-state index contributed by atoms with van der Waals surface area (Å²) in [6.07, 6.45) is 4.85. The maximum absolute atomic E-state index is 10.1. The van der Waals surface area contributed by atoms with Crippen molar-refractivity contribution in [3.63, 3.8) is 0 Å². The van der Waals surface area contributed by atoms with Crippen LogP contribution in [-0.4, -0.2) is 28.7 Å². The van der Waals surface area contributed by atoms with Crippen LogP contribution < -0.4 is 0 Å². The molecule has 3 aliphatic rings. The average Bonchev–Trinajstić information content (AvgIpc) is 3.31. The summed E-state index contributed by atoms with van der Waals surface area (Å²) in [6.45, 7) is 5.76. The second-order valence-corrected chi connectivity index (χ2v) is 9.18. The molecule has 0 aromatic heterocycles. The number of rotatable bonds is 3. The van der Waals surface area contributed by atoms with Gasteiger partial charge in [-0.05, 0) is 84.9 Å². The van der Waals surface area contributed by atoms with Crippen molar-refractivity contribution in [2.75, 3.05) is 13.1 Å². The van der Waals surface area contributed by atoms with Crippen molar-refractivity contribution >= 4 is 11.6 Å². The van der Waals surface area contributed by atoms with Gasteiger partial charge in [0.05, 0.1) is 5.60 Å². The van der Waals surface area contributed by atoms with E-state index in [0.29, 0.717) is 12.0 Å². The molecule has 1 N–H and O–H groups in total. The van der Waals surface area contributed by atoms with Crippen molar-refractivity contribution in [1.82, 2.24) is 4.90 Å². The van der Waals surface area contributed by atoms with E-state index >= 15 is 0 Å². The van der Waals surface area contributed by atoms with Gasteiger partial charge in [0.15, 0.2) is 0 Å². The highest BCUT2D eigenvalue weighted by atomic mass is 35.5. The van der Waals surface area contributed by atoms with Gasteiger partial charge in [0, 0.05) is 24.2 Å². The van der Waals surface area contributed by atoms with Crippen LogP contribution in [0.3, 0.4) is 0 Å². The van der Waals surface area contributed by atoms with Gasteiger partial charge >= 0.3 is 0 Å². The minimum atomic E-state index is -0.502. The monoisotopic (exact) mass is 367 g/mol. The van der Waals surface area contributed by atoms with E-state index in [1.54, 1.807) is 0 Å². The summed E-state index contributed by atoms with van der Waals surface area (Å²) in [5.41, 5.74) is 7.72. The zero-order chi connectivity index (χ0) is 18.1. The summed E-state index contributed by atoms with van der Waals surface area (Å²) >= 11 is 6.57. The second-order valence-electron chi connectivity index (χ2n) is 8.77. The van der Waals surface area contributed by atoms with Gasteiger partial charge in [-0.1, -0.05) is 35.9 Å². The summed E-state index contributed by atoms with van der Waals surface area (Å²) in [4.78, 5) is 2.42. The fraction of sp³-hybridized carbons (Fsp3) is 0.478. The summed E-state index contributed by atoms with van der Waals surface area (Å²) < 4.78 is 0. The predicted molar refractivity (Wildman–Crippen MR) is 107 cm³/mol. The summed E-state index contributed by atoms with van der Waals surface area (Å²) in [7, 11) is 0. The summed E-state index contributed by atoms with van der Waals surface area (Å²) in [5, 5.41) is 11.0. The first-order chi connectivity index (χ1) is 12.4. The Bertz CT molecular complexity index is 876. The lowest BCUT2D eigenvalue weighted by molar-refractivity contribution is -0.103. The Morgan fingerprint density at radius 3 is 2.46 bits per heavy atom. The predicted octanol–water partition coefficient (Wildman–Crippen LogP) is 5.25. The standard InChI is InChI=1S/C23H26ClNO/c1-14-17(16-5-6-19(15-3-4-15)21(24)11-16)7-8-20-18(14)9-10-22(20)25-12-23(2,26)13-25/h5-8,11,15,22,26H,3-4,9-10,12-13H2,1-2H3/t22-/m0/s1. The Labute approximate surface area is 160 Å². The Kier molecular flexibility index (Phi) is 3.76. The molecule has 2 nitrogen and oxygen atoms in total. The van der Waals surface area contributed by atoms with Crippen LogP contribution in [0.15, 0.2) is 30.3 Å². The maximum Gasteiger partial charge on any atom is 0.0872 e. The van der Waals surface area contributed by atoms with Crippen molar-refractivity contribution in [3.8, 4) is 11.1 Å². The molecule has 136 valence electrons. The SMILES string of the molecule is Cc1c(-c2ccc(C3CC3)c(Cl)c2)ccc2c1CC[C@@H]2N1CC(C)(O)C1. The lowest BCUT2D eigenvalue weighted by Crippen LogP contribution is -2.60. The van der Waals surface area contributed by atoms with Crippen LogP contribution in [0.1, 0.15) is 60.4 Å². The summed E-state index contributed by atoms with van der Waals surface area (Å²) in [6, 6.07) is 11.7. The van der Waals surface area contributed by atoms with Gasteiger partial charge < -0.3 is 5.11 Å². The number of halogens is 1. The molecule has 2 aromatic rings. The van der Waals surface area contributed by atoms with Crippen molar-refractivity contribution in [2.24, 2.45) is 0 Å². The topological polar surface area (TPSA) is 23.5 Å². The minimum absolute atomic E-state index is 0.471. The third-order valence-corrected chi connectivity index (χ3v) is 6.85. The second kappa shape index (κ2) is 5.82. The molecule has 1 saturated heterocycles. The van der Waals surface area contributed by atoms with E-state index in [4.69, 9.17) is 11.6 Å². The van der Waals surface area contributed by atoms with E-state index in [9.17, 15) is 5.11 Å². The zero-order valence-corrected chi connectivity index (χ0v) is 16.3. The number of hydrogen-bond donors (Lipinski definition) is 1. The smallest absolute Gasteiger partial charge is 0.0872 e. The highest BCUT2D eigenvalue weighted by Crippen LogP contribution is 2.46. The first kappa shape index (κ1) is 16.8. The number of β-amino-alcohol motifs (C(OH)–C–C–N with tert-alkyl or cyclic N) is 1. The molecule has 2 aromatic carbocycles. The molecule has 1 heterocycles. The molecule has 5 rings (SSSR count). The fourth-order valence-corrected chi connectivity index (χ4v) is 5.35. The third-order valence-electron chi connectivity index (χ3n) is 6.52. The van der Waals surface area contributed by atoms with E-state index in [1.165, 1.54) is 46.2 Å². The van der Waals surface area contributed by atoms with Gasteiger partial charge in [-0.2, -0.15) is 0 Å². The van der Waals surface area contributed by atoms with Gasteiger partial charge in [0.1, 0.15) is 0 Å². The highest BCUT2D eigenvalue weighted by Gasteiger charge is 2.42. The lowest BCUT2D eigenvalue weighted by Gasteiger charge is -2.47. The Hall–Kier alpha value is -1.35. The molecule has 1 aliphatic heterocycles. The Morgan fingerprint density at radius 2 is 1.81 bits per heavy atom. The van der Waals surface area contributed by atoms with Crippen LogP contribution in [0, 0.1) is 6.92 Å². The number of hydrogen-bond acceptors (Lipinski definition) is 2. The molecule has 3 heteroatoms. The van der Waals surface area contributed by atoms with Gasteiger partial charge in [0.25, 0.3) is 0 Å². The van der Waals surface area contributed by atoms with Gasteiger partial charge in [-0.25, -0.2) is 0 Å². The van der Waals surface area contributed by atoms with Gasteiger partial charge in [0.2, 0.25) is 0 Å². The highest BCUT2D eigenvalue weighted by molar-refractivity contribution is 6.31. The Morgan fingerprint density at radius 1 is 1.08 bits per heavy atom. The van der Waals surface area contributed by atoms with Crippen molar-refractivity contribution in [2.45, 2.75) is 57.1 Å². The van der Waals surface area contributed by atoms with Crippen LogP contribution in [0.5, 0.6) is 0 Å². The van der Waals surface area contributed by atoms with E-state index in [2.05, 4.69) is 42.2 Å². The van der Waals surface area contributed by atoms with Crippen LogP contribution in [0.2, 0.25) is 5.02 Å². The minimum Gasteiger partial charge on any atom is -0.388 e. The first-order valence-electron chi connectivity index (χ1n) is 9.81. The van der Waals surface area contributed by atoms with Crippen molar-refractivity contribution < 1.29 is 5.11 Å². The van der Waals surface area contributed by atoms with Gasteiger partial charge in [-0.3, -0.25) is 4.90 Å². The number of likely N-dealkylation sites (tertiary alicyclic amines) is 1. The van der Waals surface area contributed by atoms with E-state index < -0.39 is 5.60 Å². The molecule has 0 amide bonds. The van der Waals surface area contributed by atoms with Crippen LogP contribution in [-0.2, 0) is 6.42 Å². The molecule has 0 bridgehead atoms. The molecule has 2 fully saturated rings. The Balaban J connectivity index is 1.46. The third kappa shape index (κ3) is 2.70. The molecule has 1 saturated carbocycles. The van der Waals surface area contributed by atoms with Crippen molar-refractivity contribution in [1.29, 1.82) is 0 Å². The molecule has 0 unspecified atom stereocenters. The largest absolute Gasteiger partial charge is 0.388 e. The van der Waals surface area contributed by atoms with Crippen LogP contribution in [0.4, 0.5) is 0 Å². The molecule has 2 aliphatic carbocycles. The van der Waals surface area contributed by atoms with E-state index in [-0.39, 0.29) is 0 Å². The molecular formula is C23H26ClNO. The zero-order valence-electron chi connectivity index (χ0n) is 15.6. The number of benzene rings is 2. The van der Waals surface area contributed by atoms with Crippen LogP contribution >= 0.6 is 11.6 Å². The molecular weight excluding hydrogens is 342 g/mol. The number of aliphatic hydroxyl groups is 1. The molecule has 0 spiro atoms. The molecule has 0 radical (unpaired) electrons. The van der Waals surface area contributed by atoms with Crippen LogP contribution in [0.25, 0.3) is 11.1 Å². The maximum atomic E-state index is 10.1. The molecule has 26 heavy (non-hydrogen) atoms. The van der Waals surface area contributed by atoms with E-state index in [1.807, 2.05) is 6.92 Å². The normalized spacial score (nSPS) is 24.4. The fourth-order valence-electron chi connectivity index (χ4n) is 5.02. The average molecular weight is 368 g/mol. The van der Waals surface area contributed by atoms with Crippen molar-refractivity contribution in [3.05, 3.63) is 57.6 Å². The van der Waals surface area contributed by atoms with E-state index in [0.717, 1.165) is 31.0 Å². The first-order valence-corrected chi connectivity index (χ1v) is 10.2.